The normalized spacial score (nSPS) is 13.4. The van der Waals surface area contributed by atoms with Crippen LogP contribution < -0.4 is 34.9 Å². The number of amides is 2. The summed E-state index contributed by atoms with van der Waals surface area (Å²) in [6.07, 6.45) is 3.66. The van der Waals surface area contributed by atoms with Gasteiger partial charge in [0.15, 0.2) is 23.1 Å². The fourth-order valence-corrected chi connectivity index (χ4v) is 5.02. The molecule has 43 heavy (non-hydrogen) atoms. The molecule has 4 aromatic rings. The maximum Gasteiger partial charge on any atom is 0.316 e. The van der Waals surface area contributed by atoms with Gasteiger partial charge in [0.05, 0.1) is 32.9 Å². The number of para-hydroxylation sites is 1. The number of fused-ring (bicyclic) bond motifs is 1. The van der Waals surface area contributed by atoms with Crippen molar-refractivity contribution in [2.24, 2.45) is 11.7 Å². The van der Waals surface area contributed by atoms with Crippen molar-refractivity contribution in [3.8, 4) is 28.7 Å². The molecule has 2 amide bonds. The summed E-state index contributed by atoms with van der Waals surface area (Å²) in [5, 5.41) is 3.95. The summed E-state index contributed by atoms with van der Waals surface area (Å²) < 4.78 is 38.5. The number of nitrogens with two attached hydrogens (primary N) is 1. The van der Waals surface area contributed by atoms with Gasteiger partial charge in [-0.3, -0.25) is 19.5 Å². The predicted octanol–water partition coefficient (Wildman–Crippen LogP) is 4.58. The molecule has 0 radical (unpaired) electrons. The number of anilines is 1. The Labute approximate surface area is 248 Å². The molecular weight excluding hydrogens is 555 g/mol. The molecule has 1 aliphatic rings. The van der Waals surface area contributed by atoms with Crippen LogP contribution in [0.25, 0.3) is 10.9 Å². The number of halogens is 1. The van der Waals surface area contributed by atoms with E-state index in [2.05, 4.69) is 10.3 Å². The highest BCUT2D eigenvalue weighted by Gasteiger charge is 2.24. The maximum absolute atomic E-state index is 15.5. The summed E-state index contributed by atoms with van der Waals surface area (Å²) in [5.74, 6) is -0.627. The number of carbonyl (C=O) groups is 2. The third-order valence-corrected chi connectivity index (χ3v) is 7.34. The average Bonchev–Trinajstić information content (AvgIpc) is 3.03. The molecule has 10 nitrogen and oxygen atoms in total. The lowest BCUT2D eigenvalue weighted by Crippen LogP contribution is -2.40. The van der Waals surface area contributed by atoms with Gasteiger partial charge in [-0.15, -0.1) is 0 Å². The number of ether oxygens (including phenoxy) is 4. The highest BCUT2D eigenvalue weighted by atomic mass is 19.1. The van der Waals surface area contributed by atoms with E-state index in [1.165, 1.54) is 19.2 Å². The number of aromatic nitrogens is 1. The zero-order chi connectivity index (χ0) is 30.3. The molecule has 0 bridgehead atoms. The Morgan fingerprint density at radius 1 is 0.953 bits per heavy atom. The maximum atomic E-state index is 15.5. The number of piperidine rings is 1. The molecule has 0 atom stereocenters. The summed E-state index contributed by atoms with van der Waals surface area (Å²) in [4.78, 5) is 30.1. The molecule has 1 saturated heterocycles. The summed E-state index contributed by atoms with van der Waals surface area (Å²) >= 11 is 0. The Hall–Kier alpha value is -4.90. The lowest BCUT2D eigenvalue weighted by atomic mass is 9.99. The van der Waals surface area contributed by atoms with Gasteiger partial charge in [-0.05, 0) is 62.2 Å². The first kappa shape index (κ1) is 29.6. The number of benzene rings is 3. The number of primary amides is 1. The largest absolute Gasteiger partial charge is 0.496 e. The van der Waals surface area contributed by atoms with E-state index in [0.29, 0.717) is 52.0 Å². The molecule has 1 aromatic heterocycles. The van der Waals surface area contributed by atoms with Crippen molar-refractivity contribution in [1.82, 2.24) is 10.3 Å². The van der Waals surface area contributed by atoms with Gasteiger partial charge in [0.1, 0.15) is 11.5 Å². The van der Waals surface area contributed by atoms with Crippen molar-refractivity contribution >= 4 is 28.4 Å². The predicted molar refractivity (Wildman–Crippen MR) is 159 cm³/mol. The van der Waals surface area contributed by atoms with Crippen LogP contribution in [0.15, 0.2) is 66.9 Å². The van der Waals surface area contributed by atoms with Crippen LogP contribution in [-0.4, -0.2) is 50.7 Å². The molecule has 1 aliphatic heterocycles. The Balaban J connectivity index is 1.40. The third-order valence-electron chi connectivity index (χ3n) is 7.34. The van der Waals surface area contributed by atoms with E-state index in [0.717, 1.165) is 36.9 Å². The smallest absolute Gasteiger partial charge is 0.316 e. The number of rotatable bonds is 10. The number of nitrogens with one attached hydrogen (secondary N) is 1. The lowest BCUT2D eigenvalue weighted by molar-refractivity contribution is -0.135. The van der Waals surface area contributed by atoms with Crippen LogP contribution in [0.1, 0.15) is 18.4 Å². The zero-order valence-electron chi connectivity index (χ0n) is 24.0. The highest BCUT2D eigenvalue weighted by Crippen LogP contribution is 2.38. The van der Waals surface area contributed by atoms with E-state index in [4.69, 9.17) is 24.7 Å². The van der Waals surface area contributed by atoms with Gasteiger partial charge in [-0.2, -0.15) is 0 Å². The number of pyridine rings is 1. The van der Waals surface area contributed by atoms with Crippen LogP contribution in [0.2, 0.25) is 0 Å². The Morgan fingerprint density at radius 2 is 1.72 bits per heavy atom. The number of hydrogen-bond acceptors (Lipinski definition) is 8. The van der Waals surface area contributed by atoms with Gasteiger partial charge in [0.25, 0.3) is 0 Å². The second-order valence-corrected chi connectivity index (χ2v) is 10.1. The minimum atomic E-state index is -1.17. The average molecular weight is 589 g/mol. The second kappa shape index (κ2) is 13.4. The van der Waals surface area contributed by atoms with E-state index in [-0.39, 0.29) is 18.0 Å². The van der Waals surface area contributed by atoms with Gasteiger partial charge >= 0.3 is 11.8 Å². The lowest BCUT2D eigenvalue weighted by Gasteiger charge is -2.23. The number of nitrogens with zero attached hydrogens (tertiary/aromatic N) is 2. The van der Waals surface area contributed by atoms with Crippen molar-refractivity contribution in [2.75, 3.05) is 38.8 Å². The molecule has 0 aliphatic carbocycles. The second-order valence-electron chi connectivity index (χ2n) is 10.1. The van der Waals surface area contributed by atoms with Crippen LogP contribution in [0.3, 0.4) is 0 Å². The standard InChI is InChI=1S/C32H33FN4O6/c1-40-26-6-4-3-5-21(26)18-37(32(39)31(34)38)22-7-8-28(24(33)15-22)43-27-11-14-36-25-17-30(29(41-2)16-23(25)27)42-19-20-9-12-35-13-10-20/h3-8,11,14-17,20,35H,9-10,12-13,18-19H2,1-2H3,(H2,34,38). The van der Waals surface area contributed by atoms with Crippen LogP contribution >= 0.6 is 0 Å². The van der Waals surface area contributed by atoms with Crippen LogP contribution in [0.4, 0.5) is 10.1 Å². The molecule has 1 fully saturated rings. The fraction of sp³-hybridized carbons (Fsp3) is 0.281. The topological polar surface area (TPSA) is 125 Å². The van der Waals surface area contributed by atoms with Gasteiger partial charge in [-0.1, -0.05) is 18.2 Å². The minimum Gasteiger partial charge on any atom is -0.496 e. The molecule has 0 spiro atoms. The molecule has 5 rings (SSSR count). The van der Waals surface area contributed by atoms with Crippen LogP contribution in [0, 0.1) is 11.7 Å². The summed E-state index contributed by atoms with van der Waals surface area (Å²) in [6, 6.07) is 16.1. The summed E-state index contributed by atoms with van der Waals surface area (Å²) in [5.41, 5.74) is 6.62. The number of methoxy groups -OCH3 is 2. The van der Waals surface area contributed by atoms with Crippen LogP contribution in [-0.2, 0) is 16.1 Å². The van der Waals surface area contributed by atoms with Gasteiger partial charge in [-0.25, -0.2) is 4.39 Å². The van der Waals surface area contributed by atoms with Crippen molar-refractivity contribution in [2.45, 2.75) is 19.4 Å². The summed E-state index contributed by atoms with van der Waals surface area (Å²) in [7, 11) is 3.05. The van der Waals surface area contributed by atoms with Gasteiger partial charge in [0, 0.05) is 35.0 Å². The first-order valence-corrected chi connectivity index (χ1v) is 13.9. The molecule has 3 N–H and O–H groups in total. The van der Waals surface area contributed by atoms with E-state index in [1.807, 2.05) is 0 Å². The molecule has 2 heterocycles. The van der Waals surface area contributed by atoms with E-state index >= 15 is 4.39 Å². The van der Waals surface area contributed by atoms with E-state index < -0.39 is 17.6 Å². The SMILES string of the molecule is COc1ccccc1CN(C(=O)C(N)=O)c1ccc(Oc2ccnc3cc(OCC4CCNCC4)c(OC)cc23)c(F)c1. The monoisotopic (exact) mass is 588 g/mol. The van der Waals surface area contributed by atoms with E-state index in [1.54, 1.807) is 55.8 Å². The van der Waals surface area contributed by atoms with Crippen molar-refractivity contribution in [3.05, 3.63) is 78.2 Å². The molecule has 11 heteroatoms. The van der Waals surface area contributed by atoms with Gasteiger partial charge < -0.3 is 30.0 Å². The first-order valence-electron chi connectivity index (χ1n) is 13.9. The quantitative estimate of drug-likeness (QED) is 0.258. The Kier molecular flexibility index (Phi) is 9.21. The molecule has 224 valence electrons. The van der Waals surface area contributed by atoms with Crippen LogP contribution in [0.5, 0.6) is 28.7 Å². The van der Waals surface area contributed by atoms with Gasteiger partial charge in [0.2, 0.25) is 0 Å². The third kappa shape index (κ3) is 6.78. The fourth-order valence-electron chi connectivity index (χ4n) is 5.02. The molecule has 3 aromatic carbocycles. The van der Waals surface area contributed by atoms with Crippen molar-refractivity contribution in [3.63, 3.8) is 0 Å². The molecule has 0 saturated carbocycles. The van der Waals surface area contributed by atoms with Crippen molar-refractivity contribution < 1.29 is 32.9 Å². The zero-order valence-corrected chi connectivity index (χ0v) is 24.0. The molecular formula is C32H33FN4O6. The highest BCUT2D eigenvalue weighted by molar-refractivity contribution is 6.39. The number of carbonyl (C=O) groups excluding carboxylic acids is 2. The van der Waals surface area contributed by atoms with E-state index in [9.17, 15) is 9.59 Å². The Bertz CT molecular complexity index is 1630. The first-order chi connectivity index (χ1) is 20.9. The molecule has 0 unspecified atom stereocenters. The Morgan fingerprint density at radius 3 is 2.44 bits per heavy atom. The summed E-state index contributed by atoms with van der Waals surface area (Å²) in [6.45, 7) is 2.46. The van der Waals surface area contributed by atoms with Crippen molar-refractivity contribution in [1.29, 1.82) is 0 Å². The number of hydrogen-bond donors (Lipinski definition) is 2. The minimum absolute atomic E-state index is 0.0672.